The first-order valence-corrected chi connectivity index (χ1v) is 3.96. The Morgan fingerprint density at radius 2 is 2.21 bits per heavy atom. The van der Waals surface area contributed by atoms with Crippen LogP contribution in [-0.4, -0.2) is 15.9 Å². The van der Waals surface area contributed by atoms with Gasteiger partial charge in [0.2, 0.25) is 5.91 Å². The highest BCUT2D eigenvalue weighted by Crippen LogP contribution is 2.08. The van der Waals surface area contributed by atoms with Crippen LogP contribution in [0.1, 0.15) is 10.4 Å². The number of hydrogen-bond acceptors (Lipinski definition) is 3. The lowest BCUT2D eigenvalue weighted by Crippen LogP contribution is -2.11. The minimum atomic E-state index is -0.514. The lowest BCUT2D eigenvalue weighted by Gasteiger charge is -1.98. The molecule has 5 nitrogen and oxygen atoms in total. The van der Waals surface area contributed by atoms with Crippen molar-refractivity contribution in [1.82, 2.24) is 9.97 Å². The van der Waals surface area contributed by atoms with E-state index in [0.29, 0.717) is 16.6 Å². The predicted octanol–water partition coefficient (Wildman–Crippen LogP) is 0.0220. The van der Waals surface area contributed by atoms with E-state index in [-0.39, 0.29) is 5.56 Å². The van der Waals surface area contributed by atoms with Crippen LogP contribution in [0, 0.1) is 0 Å². The Hall–Kier alpha value is -2.17. The van der Waals surface area contributed by atoms with Crippen molar-refractivity contribution in [3.63, 3.8) is 0 Å². The first-order chi connectivity index (χ1) is 6.66. The van der Waals surface area contributed by atoms with Crippen LogP contribution in [-0.2, 0) is 0 Å². The molecule has 2 rings (SSSR count). The normalized spacial score (nSPS) is 10.3. The number of fused-ring (bicyclic) bond motifs is 1. The summed E-state index contributed by atoms with van der Waals surface area (Å²) in [6, 6.07) is 4.68. The summed E-state index contributed by atoms with van der Waals surface area (Å²) in [6.07, 6.45) is 1.16. The number of H-pyrrole nitrogens is 1. The van der Waals surface area contributed by atoms with Crippen molar-refractivity contribution in [2.24, 2.45) is 5.73 Å². The molecule has 1 heterocycles. The Balaban J connectivity index is 2.73. The molecule has 0 saturated carbocycles. The fraction of sp³-hybridized carbons (Fsp3) is 0. The van der Waals surface area contributed by atoms with Crippen LogP contribution in [0.3, 0.4) is 0 Å². The van der Waals surface area contributed by atoms with E-state index < -0.39 is 5.91 Å². The zero-order valence-corrected chi connectivity index (χ0v) is 7.15. The van der Waals surface area contributed by atoms with Gasteiger partial charge >= 0.3 is 0 Å². The molecule has 0 spiro atoms. The highest BCUT2D eigenvalue weighted by molar-refractivity contribution is 5.95. The first kappa shape index (κ1) is 8.43. The zero-order chi connectivity index (χ0) is 10.1. The molecule has 2 aromatic rings. The van der Waals surface area contributed by atoms with Gasteiger partial charge in [-0.3, -0.25) is 9.59 Å². The third-order valence-corrected chi connectivity index (χ3v) is 1.86. The number of hydrogen-bond donors (Lipinski definition) is 2. The molecule has 14 heavy (non-hydrogen) atoms. The van der Waals surface area contributed by atoms with E-state index in [2.05, 4.69) is 9.97 Å². The fourth-order valence-corrected chi connectivity index (χ4v) is 1.19. The summed E-state index contributed by atoms with van der Waals surface area (Å²) in [5.41, 5.74) is 6.32. The third kappa shape index (κ3) is 1.35. The van der Waals surface area contributed by atoms with Crippen LogP contribution >= 0.6 is 0 Å². The van der Waals surface area contributed by atoms with Crippen molar-refractivity contribution >= 4 is 16.9 Å². The Kier molecular flexibility index (Phi) is 1.78. The number of nitrogens with one attached hydrogen (secondary N) is 1. The number of aromatic nitrogens is 2. The third-order valence-electron chi connectivity index (χ3n) is 1.86. The summed E-state index contributed by atoms with van der Waals surface area (Å²) >= 11 is 0. The van der Waals surface area contributed by atoms with E-state index in [9.17, 15) is 9.59 Å². The van der Waals surface area contributed by atoms with Gasteiger partial charge in [-0.15, -0.1) is 0 Å². The number of rotatable bonds is 1. The zero-order valence-electron chi connectivity index (χ0n) is 7.15. The van der Waals surface area contributed by atoms with Gasteiger partial charge in [0.15, 0.2) is 0 Å². The van der Waals surface area contributed by atoms with Crippen molar-refractivity contribution < 1.29 is 4.79 Å². The van der Waals surface area contributed by atoms with Gasteiger partial charge < -0.3 is 10.7 Å². The predicted molar refractivity (Wildman–Crippen MR) is 50.9 cm³/mol. The fourth-order valence-electron chi connectivity index (χ4n) is 1.19. The smallest absolute Gasteiger partial charge is 0.266 e. The maximum atomic E-state index is 10.9. The van der Waals surface area contributed by atoms with Gasteiger partial charge in [0.1, 0.15) is 0 Å². The number of aromatic amines is 1. The quantitative estimate of drug-likeness (QED) is 0.662. The SMILES string of the molecule is NC(=O)c1ccc2[nH]c(=O)cnc2c1. The van der Waals surface area contributed by atoms with Gasteiger partial charge in [-0.2, -0.15) is 0 Å². The van der Waals surface area contributed by atoms with E-state index in [0.717, 1.165) is 6.20 Å². The molecule has 1 aromatic carbocycles. The van der Waals surface area contributed by atoms with Crippen molar-refractivity contribution in [2.75, 3.05) is 0 Å². The molecule has 0 bridgehead atoms. The van der Waals surface area contributed by atoms with Crippen LogP contribution in [0.5, 0.6) is 0 Å². The maximum absolute atomic E-state index is 10.9. The van der Waals surface area contributed by atoms with Gasteiger partial charge in [0.25, 0.3) is 5.56 Å². The Morgan fingerprint density at radius 1 is 1.43 bits per heavy atom. The van der Waals surface area contributed by atoms with Crippen LogP contribution in [0.15, 0.2) is 29.2 Å². The molecule has 0 saturated heterocycles. The lowest BCUT2D eigenvalue weighted by atomic mass is 10.2. The average Bonchev–Trinajstić information content (AvgIpc) is 2.16. The Bertz CT molecular complexity index is 559. The van der Waals surface area contributed by atoms with Crippen LogP contribution in [0.2, 0.25) is 0 Å². The summed E-state index contributed by atoms with van der Waals surface area (Å²) in [5.74, 6) is -0.514. The molecular formula is C9H7N3O2. The minimum Gasteiger partial charge on any atom is -0.366 e. The van der Waals surface area contributed by atoms with Gasteiger partial charge in [0.05, 0.1) is 17.2 Å². The van der Waals surface area contributed by atoms with Gasteiger partial charge in [-0.1, -0.05) is 0 Å². The number of carbonyl (C=O) groups is 1. The number of nitrogens with zero attached hydrogens (tertiary/aromatic N) is 1. The molecule has 0 aliphatic carbocycles. The second-order valence-electron chi connectivity index (χ2n) is 2.84. The lowest BCUT2D eigenvalue weighted by molar-refractivity contribution is 0.100. The van der Waals surface area contributed by atoms with Crippen molar-refractivity contribution in [1.29, 1.82) is 0 Å². The van der Waals surface area contributed by atoms with E-state index in [1.807, 2.05) is 0 Å². The molecule has 0 atom stereocenters. The standard InChI is InChI=1S/C9H7N3O2/c10-9(14)5-1-2-6-7(3-5)11-4-8(13)12-6/h1-4H,(H2,10,14)(H,12,13). The summed E-state index contributed by atoms with van der Waals surface area (Å²) < 4.78 is 0. The molecule has 5 heteroatoms. The Morgan fingerprint density at radius 3 is 2.93 bits per heavy atom. The summed E-state index contributed by atoms with van der Waals surface area (Å²) in [4.78, 5) is 28.2. The van der Waals surface area contributed by atoms with Crippen molar-refractivity contribution in [2.45, 2.75) is 0 Å². The van der Waals surface area contributed by atoms with Crippen LogP contribution in [0.4, 0.5) is 0 Å². The van der Waals surface area contributed by atoms with E-state index in [1.165, 1.54) is 6.07 Å². The molecule has 0 unspecified atom stereocenters. The largest absolute Gasteiger partial charge is 0.366 e. The molecule has 0 aliphatic rings. The second-order valence-corrected chi connectivity index (χ2v) is 2.84. The number of amides is 1. The van der Waals surface area contributed by atoms with Gasteiger partial charge in [-0.25, -0.2) is 4.98 Å². The van der Waals surface area contributed by atoms with Gasteiger partial charge in [0, 0.05) is 5.56 Å². The monoisotopic (exact) mass is 189 g/mol. The Labute approximate surface area is 78.6 Å². The van der Waals surface area contributed by atoms with E-state index >= 15 is 0 Å². The number of primary amides is 1. The number of nitrogens with two attached hydrogens (primary N) is 1. The maximum Gasteiger partial charge on any atom is 0.266 e. The molecule has 1 aromatic heterocycles. The van der Waals surface area contributed by atoms with E-state index in [4.69, 9.17) is 5.73 Å². The van der Waals surface area contributed by atoms with E-state index in [1.54, 1.807) is 12.1 Å². The number of carbonyl (C=O) groups excluding carboxylic acids is 1. The van der Waals surface area contributed by atoms with Crippen molar-refractivity contribution in [3.05, 3.63) is 40.3 Å². The molecule has 0 fully saturated rings. The van der Waals surface area contributed by atoms with Crippen LogP contribution in [0.25, 0.3) is 11.0 Å². The summed E-state index contributed by atoms with van der Waals surface area (Å²) in [7, 11) is 0. The molecule has 70 valence electrons. The topological polar surface area (TPSA) is 88.8 Å². The second kappa shape index (κ2) is 2.95. The summed E-state index contributed by atoms with van der Waals surface area (Å²) in [6.45, 7) is 0. The van der Waals surface area contributed by atoms with Gasteiger partial charge in [-0.05, 0) is 18.2 Å². The molecule has 3 N–H and O–H groups in total. The van der Waals surface area contributed by atoms with Crippen LogP contribution < -0.4 is 11.3 Å². The number of benzene rings is 1. The molecule has 0 aliphatic heterocycles. The molecule has 1 amide bonds. The molecule has 0 radical (unpaired) electrons. The molecular weight excluding hydrogens is 182 g/mol. The highest BCUT2D eigenvalue weighted by atomic mass is 16.1. The van der Waals surface area contributed by atoms with Crippen molar-refractivity contribution in [3.8, 4) is 0 Å². The summed E-state index contributed by atoms with van der Waals surface area (Å²) in [5, 5.41) is 0. The minimum absolute atomic E-state index is 0.274. The first-order valence-electron chi connectivity index (χ1n) is 3.96. The highest BCUT2D eigenvalue weighted by Gasteiger charge is 2.02. The average molecular weight is 189 g/mol.